The topological polar surface area (TPSA) is 61.8 Å². The van der Waals surface area contributed by atoms with Crippen LogP contribution in [0.2, 0.25) is 0 Å². The molecule has 0 heterocycles. The van der Waals surface area contributed by atoms with Crippen molar-refractivity contribution in [1.29, 1.82) is 0 Å². The van der Waals surface area contributed by atoms with Gasteiger partial charge in [0, 0.05) is 0 Å². The molecule has 0 saturated carbocycles. The summed E-state index contributed by atoms with van der Waals surface area (Å²) in [6.07, 6.45) is 0.331. The molecule has 0 atom stereocenters. The first-order valence-electron chi connectivity index (χ1n) is 6.01. The summed E-state index contributed by atoms with van der Waals surface area (Å²) in [4.78, 5) is 23.4. The van der Waals surface area contributed by atoms with Crippen LogP contribution in [0, 0.1) is 0 Å². The van der Waals surface area contributed by atoms with E-state index in [1.807, 2.05) is 0 Å². The van der Waals surface area contributed by atoms with Crippen molar-refractivity contribution in [3.05, 3.63) is 11.8 Å². The molecule has 5 heteroatoms. The van der Waals surface area contributed by atoms with Crippen LogP contribution in [0.3, 0.4) is 0 Å². The monoisotopic (exact) mass is 258 g/mol. The Morgan fingerprint density at radius 2 is 1.17 bits per heavy atom. The van der Waals surface area contributed by atoms with Crippen LogP contribution in [0.5, 0.6) is 0 Å². The first-order chi connectivity index (χ1) is 8.23. The first kappa shape index (κ1) is 16.5. The molecular formula is C13H22O5. The van der Waals surface area contributed by atoms with Gasteiger partial charge in [0.15, 0.2) is 5.57 Å². The van der Waals surface area contributed by atoms with Crippen LogP contribution in [-0.4, -0.2) is 30.3 Å². The molecule has 0 radical (unpaired) electrons. The lowest BCUT2D eigenvalue weighted by atomic mass is 10.3. The van der Waals surface area contributed by atoms with Gasteiger partial charge in [0.25, 0.3) is 0 Å². The van der Waals surface area contributed by atoms with Crippen LogP contribution >= 0.6 is 0 Å². The van der Waals surface area contributed by atoms with Crippen LogP contribution in [0.1, 0.15) is 41.5 Å². The maximum atomic E-state index is 11.7. The molecule has 0 rings (SSSR count). The van der Waals surface area contributed by atoms with Gasteiger partial charge in [-0.25, -0.2) is 9.59 Å². The summed E-state index contributed by atoms with van der Waals surface area (Å²) in [7, 11) is 0. The van der Waals surface area contributed by atoms with Gasteiger partial charge >= 0.3 is 11.9 Å². The molecule has 0 bridgehead atoms. The van der Waals surface area contributed by atoms with Gasteiger partial charge in [-0.05, 0) is 41.5 Å². The van der Waals surface area contributed by atoms with E-state index in [9.17, 15) is 9.59 Å². The molecule has 0 saturated heterocycles. The van der Waals surface area contributed by atoms with Crippen molar-refractivity contribution >= 4 is 11.9 Å². The Labute approximate surface area is 108 Å². The Morgan fingerprint density at radius 3 is 1.44 bits per heavy atom. The smallest absolute Gasteiger partial charge is 0.349 e. The molecule has 0 amide bonds. The third-order valence-electron chi connectivity index (χ3n) is 1.58. The zero-order chi connectivity index (χ0) is 14.3. The van der Waals surface area contributed by atoms with E-state index in [0.29, 0.717) is 0 Å². The molecule has 5 nitrogen and oxygen atoms in total. The van der Waals surface area contributed by atoms with E-state index < -0.39 is 11.9 Å². The molecule has 0 aromatic heterocycles. The number of rotatable bonds is 6. The van der Waals surface area contributed by atoms with E-state index in [-0.39, 0.29) is 23.9 Å². The highest BCUT2D eigenvalue weighted by atomic mass is 16.6. The van der Waals surface area contributed by atoms with Crippen molar-refractivity contribution in [3.63, 3.8) is 0 Å². The Kier molecular flexibility index (Phi) is 7.08. The second-order valence-corrected chi connectivity index (χ2v) is 4.62. The van der Waals surface area contributed by atoms with E-state index >= 15 is 0 Å². The van der Waals surface area contributed by atoms with Crippen molar-refractivity contribution in [2.75, 3.05) is 0 Å². The van der Waals surface area contributed by atoms with Crippen LogP contribution < -0.4 is 0 Å². The molecule has 0 aliphatic rings. The maximum Gasteiger partial charge on any atom is 0.349 e. The molecule has 18 heavy (non-hydrogen) atoms. The van der Waals surface area contributed by atoms with Crippen molar-refractivity contribution in [2.24, 2.45) is 0 Å². The molecule has 0 aliphatic carbocycles. The van der Waals surface area contributed by atoms with E-state index in [2.05, 4.69) is 0 Å². The highest BCUT2D eigenvalue weighted by molar-refractivity contribution is 6.13. The standard InChI is InChI=1S/C13H22O5/c1-8(2)16-7-11(12(14)17-9(3)4)13(15)18-10(5)6/h7-10H,1-6H3. The first-order valence-corrected chi connectivity index (χ1v) is 6.01. The summed E-state index contributed by atoms with van der Waals surface area (Å²) in [6, 6.07) is 0. The lowest BCUT2D eigenvalue weighted by molar-refractivity contribution is -0.151. The maximum absolute atomic E-state index is 11.7. The summed E-state index contributed by atoms with van der Waals surface area (Å²) < 4.78 is 15.1. The van der Waals surface area contributed by atoms with Crippen molar-refractivity contribution in [1.82, 2.24) is 0 Å². The summed E-state index contributed by atoms with van der Waals surface area (Å²) in [5, 5.41) is 0. The molecule has 104 valence electrons. The highest BCUT2D eigenvalue weighted by Crippen LogP contribution is 2.07. The van der Waals surface area contributed by atoms with Crippen LogP contribution in [0.4, 0.5) is 0 Å². The zero-order valence-electron chi connectivity index (χ0n) is 11.9. The largest absolute Gasteiger partial charge is 0.497 e. The Hall–Kier alpha value is -1.52. The van der Waals surface area contributed by atoms with Crippen molar-refractivity contribution in [3.8, 4) is 0 Å². The summed E-state index contributed by atoms with van der Waals surface area (Å²) in [5.74, 6) is -1.48. The van der Waals surface area contributed by atoms with Gasteiger partial charge in [-0.1, -0.05) is 0 Å². The van der Waals surface area contributed by atoms with Crippen LogP contribution in [-0.2, 0) is 23.8 Å². The van der Waals surface area contributed by atoms with Crippen LogP contribution in [0.25, 0.3) is 0 Å². The predicted octanol–water partition coefficient (Wildman–Crippen LogP) is 2.20. The third kappa shape index (κ3) is 6.93. The number of carbonyl (C=O) groups excluding carboxylic acids is 2. The van der Waals surface area contributed by atoms with E-state index in [0.717, 1.165) is 6.26 Å². The molecule has 0 spiro atoms. The Balaban J connectivity index is 4.87. The van der Waals surface area contributed by atoms with Crippen LogP contribution in [0.15, 0.2) is 11.8 Å². The lowest BCUT2D eigenvalue weighted by Crippen LogP contribution is -2.23. The molecule has 0 N–H and O–H groups in total. The van der Waals surface area contributed by atoms with Gasteiger partial charge in [0.05, 0.1) is 18.3 Å². The summed E-state index contributed by atoms with van der Waals surface area (Å²) in [5.41, 5.74) is -0.230. The second-order valence-electron chi connectivity index (χ2n) is 4.62. The molecule has 0 aromatic rings. The molecule has 0 unspecified atom stereocenters. The van der Waals surface area contributed by atoms with Gasteiger partial charge in [-0.15, -0.1) is 0 Å². The van der Waals surface area contributed by atoms with E-state index in [1.165, 1.54) is 0 Å². The number of hydrogen-bond donors (Lipinski definition) is 0. The minimum Gasteiger partial charge on any atom is -0.497 e. The van der Waals surface area contributed by atoms with Gasteiger partial charge in [-0.3, -0.25) is 0 Å². The third-order valence-corrected chi connectivity index (χ3v) is 1.58. The number of carbonyl (C=O) groups is 2. The van der Waals surface area contributed by atoms with Gasteiger partial charge in [0.2, 0.25) is 0 Å². The van der Waals surface area contributed by atoms with Crippen molar-refractivity contribution in [2.45, 2.75) is 59.9 Å². The zero-order valence-corrected chi connectivity index (χ0v) is 11.9. The Morgan fingerprint density at radius 1 is 0.778 bits per heavy atom. The number of ether oxygens (including phenoxy) is 3. The fraction of sp³-hybridized carbons (Fsp3) is 0.692. The normalized spacial score (nSPS) is 10.5. The highest BCUT2D eigenvalue weighted by Gasteiger charge is 2.24. The molecule has 0 aromatic carbocycles. The second kappa shape index (κ2) is 7.74. The quantitative estimate of drug-likeness (QED) is 0.240. The van der Waals surface area contributed by atoms with Crippen molar-refractivity contribution < 1.29 is 23.8 Å². The lowest BCUT2D eigenvalue weighted by Gasteiger charge is -2.13. The predicted molar refractivity (Wildman–Crippen MR) is 66.8 cm³/mol. The molecular weight excluding hydrogens is 236 g/mol. The summed E-state index contributed by atoms with van der Waals surface area (Å²) >= 11 is 0. The Bertz CT molecular complexity index is 291. The average Bonchev–Trinajstić information content (AvgIpc) is 2.14. The summed E-state index contributed by atoms with van der Waals surface area (Å²) in [6.45, 7) is 10.4. The van der Waals surface area contributed by atoms with E-state index in [1.54, 1.807) is 41.5 Å². The minimum atomic E-state index is -0.740. The fourth-order valence-electron chi connectivity index (χ4n) is 0.939. The minimum absolute atomic E-state index is 0.140. The SMILES string of the molecule is CC(C)OC=C(C(=O)OC(C)C)C(=O)OC(C)C. The fourth-order valence-corrected chi connectivity index (χ4v) is 0.939. The van der Waals surface area contributed by atoms with E-state index in [4.69, 9.17) is 14.2 Å². The molecule has 0 fully saturated rings. The van der Waals surface area contributed by atoms with Gasteiger partial charge in [0.1, 0.15) is 6.26 Å². The number of hydrogen-bond acceptors (Lipinski definition) is 5. The van der Waals surface area contributed by atoms with Gasteiger partial charge in [-0.2, -0.15) is 0 Å². The van der Waals surface area contributed by atoms with Gasteiger partial charge < -0.3 is 14.2 Å². The molecule has 0 aliphatic heterocycles. The number of esters is 2. The average molecular weight is 258 g/mol.